The highest BCUT2D eigenvalue weighted by atomic mass is 35.5. The maximum absolute atomic E-state index is 13.6. The molecule has 1 aromatic carbocycles. The fourth-order valence-corrected chi connectivity index (χ4v) is 2.79. The average molecular weight is 368 g/mol. The van der Waals surface area contributed by atoms with E-state index < -0.39 is 17.3 Å². The molecular weight excluding hydrogens is 351 g/mol. The van der Waals surface area contributed by atoms with E-state index >= 15 is 0 Å². The van der Waals surface area contributed by atoms with Crippen molar-refractivity contribution < 1.29 is 13.2 Å². The molecule has 0 amide bonds. The van der Waals surface area contributed by atoms with Crippen LogP contribution in [0.4, 0.5) is 13.2 Å². The molecule has 3 rings (SSSR count). The topological polar surface area (TPSA) is 30.2 Å². The van der Waals surface area contributed by atoms with E-state index in [4.69, 9.17) is 11.6 Å². The van der Waals surface area contributed by atoms with Crippen LogP contribution in [0.2, 0.25) is 5.02 Å². The monoisotopic (exact) mass is 367 g/mol. The Labute approximate surface area is 148 Å². The van der Waals surface area contributed by atoms with E-state index in [2.05, 4.69) is 10.1 Å². The van der Waals surface area contributed by atoms with Gasteiger partial charge in [0.2, 0.25) is 0 Å². The van der Waals surface area contributed by atoms with Crippen LogP contribution in [0.25, 0.3) is 16.8 Å². The van der Waals surface area contributed by atoms with E-state index in [-0.39, 0.29) is 5.65 Å². The molecule has 0 N–H and O–H groups in total. The van der Waals surface area contributed by atoms with Crippen LogP contribution in [0.3, 0.4) is 0 Å². The molecule has 0 radical (unpaired) electrons. The first-order valence-electron chi connectivity index (χ1n) is 7.72. The summed E-state index contributed by atoms with van der Waals surface area (Å²) in [6.07, 6.45) is -4.53. The summed E-state index contributed by atoms with van der Waals surface area (Å²) in [7, 11) is 0. The molecule has 0 saturated heterocycles. The second-order valence-electron chi connectivity index (χ2n) is 6.98. The Morgan fingerprint density at radius 3 is 2.16 bits per heavy atom. The fourth-order valence-electron chi connectivity index (χ4n) is 2.66. The van der Waals surface area contributed by atoms with Crippen LogP contribution in [0.15, 0.2) is 30.3 Å². The molecule has 0 bridgehead atoms. The van der Waals surface area contributed by atoms with Gasteiger partial charge in [-0.1, -0.05) is 44.5 Å². The van der Waals surface area contributed by atoms with E-state index in [1.807, 2.05) is 20.8 Å². The SMILES string of the molecule is Cc1nn2c(C(F)(F)F)cc(C(C)(C)C)nc2c1-c1ccc(Cl)cc1. The highest BCUT2D eigenvalue weighted by Gasteiger charge is 2.37. The molecule has 3 nitrogen and oxygen atoms in total. The molecule has 2 aromatic heterocycles. The van der Waals surface area contributed by atoms with Crippen LogP contribution in [-0.2, 0) is 11.6 Å². The van der Waals surface area contributed by atoms with E-state index in [0.29, 0.717) is 22.0 Å². The number of aryl methyl sites for hydroxylation is 1. The molecule has 2 heterocycles. The summed E-state index contributed by atoms with van der Waals surface area (Å²) in [6, 6.07) is 7.97. The van der Waals surface area contributed by atoms with E-state index in [9.17, 15) is 13.2 Å². The lowest BCUT2D eigenvalue weighted by atomic mass is 9.91. The molecular formula is C18H17ClF3N3. The zero-order valence-corrected chi connectivity index (χ0v) is 15.0. The van der Waals surface area contributed by atoms with Crippen molar-refractivity contribution in [2.75, 3.05) is 0 Å². The molecule has 7 heteroatoms. The quantitative estimate of drug-likeness (QED) is 0.554. The van der Waals surface area contributed by atoms with Gasteiger partial charge in [0.25, 0.3) is 0 Å². The van der Waals surface area contributed by atoms with Crippen LogP contribution >= 0.6 is 11.6 Å². The Bertz CT molecular complexity index is 935. The lowest BCUT2D eigenvalue weighted by Crippen LogP contribution is -2.20. The minimum Gasteiger partial charge on any atom is -0.232 e. The number of hydrogen-bond donors (Lipinski definition) is 0. The minimum atomic E-state index is -4.53. The third-order valence-electron chi connectivity index (χ3n) is 3.96. The van der Waals surface area contributed by atoms with Crippen molar-refractivity contribution in [1.82, 2.24) is 14.6 Å². The van der Waals surface area contributed by atoms with Gasteiger partial charge in [-0.05, 0) is 30.7 Å². The second kappa shape index (κ2) is 5.73. The number of alkyl halides is 3. The number of halogens is 4. The highest BCUT2D eigenvalue weighted by Crippen LogP contribution is 2.36. The third-order valence-corrected chi connectivity index (χ3v) is 4.21. The molecule has 0 aliphatic rings. The summed E-state index contributed by atoms with van der Waals surface area (Å²) in [4.78, 5) is 4.51. The van der Waals surface area contributed by atoms with Gasteiger partial charge in [-0.25, -0.2) is 9.50 Å². The van der Waals surface area contributed by atoms with Gasteiger partial charge in [0.05, 0.1) is 11.4 Å². The van der Waals surface area contributed by atoms with Crippen molar-refractivity contribution in [1.29, 1.82) is 0 Å². The van der Waals surface area contributed by atoms with Gasteiger partial charge in [-0.2, -0.15) is 18.3 Å². The van der Waals surface area contributed by atoms with Crippen LogP contribution in [-0.4, -0.2) is 14.6 Å². The number of hydrogen-bond acceptors (Lipinski definition) is 2. The summed E-state index contributed by atoms with van der Waals surface area (Å²) in [5.74, 6) is 0. The molecule has 3 aromatic rings. The lowest BCUT2D eigenvalue weighted by Gasteiger charge is -2.20. The number of nitrogens with zero attached hydrogens (tertiary/aromatic N) is 3. The predicted octanol–water partition coefficient (Wildman–Crippen LogP) is 5.67. The zero-order valence-electron chi connectivity index (χ0n) is 14.2. The van der Waals surface area contributed by atoms with Crippen molar-refractivity contribution >= 4 is 17.2 Å². The van der Waals surface area contributed by atoms with Gasteiger partial charge in [-0.3, -0.25) is 0 Å². The number of aromatic nitrogens is 3. The molecule has 0 fully saturated rings. The van der Waals surface area contributed by atoms with Gasteiger partial charge in [0.15, 0.2) is 5.65 Å². The normalized spacial score (nSPS) is 12.8. The predicted molar refractivity (Wildman–Crippen MR) is 91.9 cm³/mol. The average Bonchev–Trinajstić information content (AvgIpc) is 2.81. The van der Waals surface area contributed by atoms with Crippen LogP contribution in [0.5, 0.6) is 0 Å². The summed E-state index contributed by atoms with van der Waals surface area (Å²) in [5, 5.41) is 4.66. The maximum atomic E-state index is 13.6. The maximum Gasteiger partial charge on any atom is 0.433 e. The van der Waals surface area contributed by atoms with Crippen LogP contribution in [0, 0.1) is 6.92 Å². The van der Waals surface area contributed by atoms with Gasteiger partial charge < -0.3 is 0 Å². The lowest BCUT2D eigenvalue weighted by molar-refractivity contribution is -0.142. The number of fused-ring (bicyclic) bond motifs is 1. The van der Waals surface area contributed by atoms with Gasteiger partial charge in [0.1, 0.15) is 5.69 Å². The highest BCUT2D eigenvalue weighted by molar-refractivity contribution is 6.30. The van der Waals surface area contributed by atoms with Gasteiger partial charge >= 0.3 is 6.18 Å². The number of rotatable bonds is 1. The molecule has 0 aliphatic carbocycles. The van der Waals surface area contributed by atoms with E-state index in [1.54, 1.807) is 31.2 Å². The largest absolute Gasteiger partial charge is 0.433 e. The van der Waals surface area contributed by atoms with Crippen molar-refractivity contribution in [3.63, 3.8) is 0 Å². The molecule has 0 atom stereocenters. The van der Waals surface area contributed by atoms with Gasteiger partial charge in [-0.15, -0.1) is 0 Å². The smallest absolute Gasteiger partial charge is 0.232 e. The molecule has 132 valence electrons. The third kappa shape index (κ3) is 3.23. The number of benzene rings is 1. The first-order valence-corrected chi connectivity index (χ1v) is 8.10. The fraction of sp³-hybridized carbons (Fsp3) is 0.333. The molecule has 0 spiro atoms. The van der Waals surface area contributed by atoms with E-state index in [0.717, 1.165) is 16.1 Å². The first kappa shape index (κ1) is 17.7. The van der Waals surface area contributed by atoms with Crippen molar-refractivity contribution in [3.8, 4) is 11.1 Å². The first-order chi connectivity index (χ1) is 11.5. The summed E-state index contributed by atoms with van der Waals surface area (Å²) >= 11 is 5.92. The molecule has 0 saturated carbocycles. The standard InChI is InChI=1S/C18H17ClF3N3/c1-10-15(11-5-7-12(19)8-6-11)16-23-13(17(2,3)4)9-14(18(20,21)22)25(16)24-10/h5-9H,1-4H3. The zero-order chi connectivity index (χ0) is 18.6. The van der Waals surface area contributed by atoms with E-state index in [1.165, 1.54) is 0 Å². The Balaban J connectivity index is 2.40. The van der Waals surface area contributed by atoms with Crippen molar-refractivity contribution in [2.24, 2.45) is 0 Å². The minimum absolute atomic E-state index is 0.194. The Kier molecular flexibility index (Phi) is 4.06. The molecule has 0 unspecified atom stereocenters. The second-order valence-corrected chi connectivity index (χ2v) is 7.41. The van der Waals surface area contributed by atoms with Crippen molar-refractivity contribution in [3.05, 3.63) is 52.4 Å². The van der Waals surface area contributed by atoms with Crippen molar-refractivity contribution in [2.45, 2.75) is 39.3 Å². The Morgan fingerprint density at radius 2 is 1.64 bits per heavy atom. The van der Waals surface area contributed by atoms with Gasteiger partial charge in [0, 0.05) is 16.0 Å². The summed E-state index contributed by atoms with van der Waals surface area (Å²) in [5.41, 5.74) is 0.980. The summed E-state index contributed by atoms with van der Waals surface area (Å²) < 4.78 is 41.6. The Hall–Kier alpha value is -2.08. The molecule has 25 heavy (non-hydrogen) atoms. The summed E-state index contributed by atoms with van der Waals surface area (Å²) in [6.45, 7) is 7.17. The molecule has 0 aliphatic heterocycles. The van der Waals surface area contributed by atoms with Crippen LogP contribution < -0.4 is 0 Å². The Morgan fingerprint density at radius 1 is 1.04 bits per heavy atom. The van der Waals surface area contributed by atoms with Crippen LogP contribution in [0.1, 0.15) is 37.9 Å².